The van der Waals surface area contributed by atoms with E-state index in [4.69, 9.17) is 11.6 Å². The van der Waals surface area contributed by atoms with Crippen LogP contribution >= 0.6 is 11.6 Å². The first-order valence-electron chi connectivity index (χ1n) is 8.17. The van der Waals surface area contributed by atoms with Crippen LogP contribution in [-0.2, 0) is 17.9 Å². The van der Waals surface area contributed by atoms with Crippen LogP contribution in [0.5, 0.6) is 0 Å². The molecule has 3 rings (SSSR count). The number of nitro groups is 1. The van der Waals surface area contributed by atoms with Crippen molar-refractivity contribution in [3.05, 3.63) is 69.0 Å². The normalized spacial score (nSPS) is 10.7. The zero-order chi connectivity index (χ0) is 19.4. The highest BCUT2D eigenvalue weighted by molar-refractivity contribution is 6.30. The molecule has 10 heteroatoms. The molecule has 0 aliphatic rings. The highest BCUT2D eigenvalue weighted by atomic mass is 35.5. The standard InChI is InChI=1S/C17H17ClN6O3/c1-12-9-16(24(26)27)21-23(12)8-6-17(25)19-15-5-7-22(20-15)11-13-3-2-4-14(18)10-13/h2-5,7,9-10H,6,8,11H2,1H3,(H,19,20,25). The van der Waals surface area contributed by atoms with Crippen molar-refractivity contribution in [1.82, 2.24) is 19.6 Å². The molecule has 0 saturated carbocycles. The van der Waals surface area contributed by atoms with Gasteiger partial charge in [0.15, 0.2) is 5.82 Å². The van der Waals surface area contributed by atoms with Crippen molar-refractivity contribution in [1.29, 1.82) is 0 Å². The number of amides is 1. The summed E-state index contributed by atoms with van der Waals surface area (Å²) in [6, 6.07) is 10.5. The second-order valence-electron chi connectivity index (χ2n) is 5.95. The fourth-order valence-corrected chi connectivity index (χ4v) is 2.77. The SMILES string of the molecule is Cc1cc([N+](=O)[O-])nn1CCC(=O)Nc1ccn(Cc2cccc(Cl)c2)n1. The molecule has 1 amide bonds. The molecule has 0 fully saturated rings. The molecule has 2 heterocycles. The van der Waals surface area contributed by atoms with Crippen molar-refractivity contribution >= 4 is 29.1 Å². The maximum atomic E-state index is 12.1. The molecule has 0 spiro atoms. The number of rotatable bonds is 7. The highest BCUT2D eigenvalue weighted by Crippen LogP contribution is 2.13. The Morgan fingerprint density at radius 1 is 1.30 bits per heavy atom. The van der Waals surface area contributed by atoms with Crippen molar-refractivity contribution in [2.45, 2.75) is 26.4 Å². The van der Waals surface area contributed by atoms with E-state index in [1.807, 2.05) is 18.2 Å². The number of nitrogens with one attached hydrogen (secondary N) is 1. The first kappa shape index (κ1) is 18.6. The number of hydrogen-bond acceptors (Lipinski definition) is 5. The third-order valence-electron chi connectivity index (χ3n) is 3.85. The van der Waals surface area contributed by atoms with Crippen LogP contribution in [0.3, 0.4) is 0 Å². The largest absolute Gasteiger partial charge is 0.390 e. The van der Waals surface area contributed by atoms with Gasteiger partial charge in [-0.25, -0.2) is 0 Å². The molecule has 140 valence electrons. The number of nitrogens with zero attached hydrogens (tertiary/aromatic N) is 5. The van der Waals surface area contributed by atoms with Gasteiger partial charge in [-0.2, -0.15) is 9.78 Å². The van der Waals surface area contributed by atoms with Gasteiger partial charge in [0.05, 0.1) is 29.9 Å². The van der Waals surface area contributed by atoms with Gasteiger partial charge < -0.3 is 15.4 Å². The summed E-state index contributed by atoms with van der Waals surface area (Å²) in [7, 11) is 0. The van der Waals surface area contributed by atoms with E-state index in [0.717, 1.165) is 5.56 Å². The maximum Gasteiger partial charge on any atom is 0.390 e. The number of hydrogen-bond donors (Lipinski definition) is 1. The van der Waals surface area contributed by atoms with Crippen LogP contribution in [0, 0.1) is 17.0 Å². The summed E-state index contributed by atoms with van der Waals surface area (Å²) in [5, 5.41) is 22.3. The zero-order valence-corrected chi connectivity index (χ0v) is 15.3. The number of anilines is 1. The summed E-state index contributed by atoms with van der Waals surface area (Å²) in [4.78, 5) is 22.3. The zero-order valence-electron chi connectivity index (χ0n) is 14.5. The first-order chi connectivity index (χ1) is 12.9. The Morgan fingerprint density at radius 3 is 2.81 bits per heavy atom. The molecule has 0 radical (unpaired) electrons. The predicted octanol–water partition coefficient (Wildman–Crippen LogP) is 3.03. The molecule has 2 aromatic heterocycles. The number of aryl methyl sites for hydroxylation is 2. The lowest BCUT2D eigenvalue weighted by Gasteiger charge is -2.03. The Bertz CT molecular complexity index is 981. The van der Waals surface area contributed by atoms with Crippen LogP contribution in [0.25, 0.3) is 0 Å². The summed E-state index contributed by atoms with van der Waals surface area (Å²) < 4.78 is 3.14. The molecule has 1 N–H and O–H groups in total. The Hall–Kier alpha value is -3.20. The van der Waals surface area contributed by atoms with Crippen molar-refractivity contribution < 1.29 is 9.72 Å². The van der Waals surface area contributed by atoms with E-state index in [-0.39, 0.29) is 24.7 Å². The van der Waals surface area contributed by atoms with Gasteiger partial charge in [-0.1, -0.05) is 23.7 Å². The summed E-state index contributed by atoms with van der Waals surface area (Å²) in [5.41, 5.74) is 1.62. The van der Waals surface area contributed by atoms with Crippen LogP contribution in [0.15, 0.2) is 42.6 Å². The predicted molar refractivity (Wildman–Crippen MR) is 99.6 cm³/mol. The third kappa shape index (κ3) is 4.91. The maximum absolute atomic E-state index is 12.1. The Balaban J connectivity index is 1.54. The van der Waals surface area contributed by atoms with E-state index in [9.17, 15) is 14.9 Å². The van der Waals surface area contributed by atoms with Crippen molar-refractivity contribution in [2.75, 3.05) is 5.32 Å². The van der Waals surface area contributed by atoms with Gasteiger partial charge in [0, 0.05) is 23.7 Å². The van der Waals surface area contributed by atoms with E-state index in [1.54, 1.807) is 29.9 Å². The van der Waals surface area contributed by atoms with E-state index >= 15 is 0 Å². The minimum absolute atomic E-state index is 0.126. The fraction of sp³-hybridized carbons (Fsp3) is 0.235. The fourth-order valence-electron chi connectivity index (χ4n) is 2.56. The lowest BCUT2D eigenvalue weighted by atomic mass is 10.2. The molecule has 0 saturated heterocycles. The Morgan fingerprint density at radius 2 is 2.11 bits per heavy atom. The van der Waals surface area contributed by atoms with E-state index < -0.39 is 4.92 Å². The summed E-state index contributed by atoms with van der Waals surface area (Å²) in [6.45, 7) is 2.48. The Labute approximate surface area is 159 Å². The van der Waals surface area contributed by atoms with Crippen LogP contribution in [0.4, 0.5) is 11.6 Å². The smallest absolute Gasteiger partial charge is 0.358 e. The monoisotopic (exact) mass is 388 g/mol. The first-order valence-corrected chi connectivity index (χ1v) is 8.55. The van der Waals surface area contributed by atoms with Crippen LogP contribution in [-0.4, -0.2) is 30.4 Å². The van der Waals surface area contributed by atoms with Gasteiger partial charge >= 0.3 is 5.82 Å². The van der Waals surface area contributed by atoms with Gasteiger partial charge in [-0.15, -0.1) is 0 Å². The molecule has 27 heavy (non-hydrogen) atoms. The highest BCUT2D eigenvalue weighted by Gasteiger charge is 2.16. The van der Waals surface area contributed by atoms with E-state index in [0.29, 0.717) is 23.1 Å². The molecule has 9 nitrogen and oxygen atoms in total. The molecule has 0 bridgehead atoms. The van der Waals surface area contributed by atoms with Crippen LogP contribution in [0.1, 0.15) is 17.7 Å². The minimum Gasteiger partial charge on any atom is -0.358 e. The minimum atomic E-state index is -0.559. The number of aromatic nitrogens is 4. The van der Waals surface area contributed by atoms with Crippen LogP contribution < -0.4 is 5.32 Å². The average Bonchev–Trinajstić information content (AvgIpc) is 3.19. The van der Waals surface area contributed by atoms with E-state index in [1.165, 1.54) is 10.7 Å². The van der Waals surface area contributed by atoms with Crippen molar-refractivity contribution in [3.63, 3.8) is 0 Å². The molecule has 0 aliphatic carbocycles. The molecule has 0 unspecified atom stereocenters. The van der Waals surface area contributed by atoms with Crippen molar-refractivity contribution in [2.24, 2.45) is 0 Å². The summed E-state index contributed by atoms with van der Waals surface area (Å²) in [6.07, 6.45) is 1.89. The second kappa shape index (κ2) is 8.00. The van der Waals surface area contributed by atoms with Crippen LogP contribution in [0.2, 0.25) is 5.02 Å². The second-order valence-corrected chi connectivity index (χ2v) is 6.39. The van der Waals surface area contributed by atoms with E-state index in [2.05, 4.69) is 15.5 Å². The summed E-state index contributed by atoms with van der Waals surface area (Å²) >= 11 is 5.97. The lowest BCUT2D eigenvalue weighted by Crippen LogP contribution is -2.16. The van der Waals surface area contributed by atoms with Gasteiger partial charge in [-0.3, -0.25) is 9.48 Å². The third-order valence-corrected chi connectivity index (χ3v) is 4.08. The number of carbonyl (C=O) groups is 1. The molecule has 0 atom stereocenters. The lowest BCUT2D eigenvalue weighted by molar-refractivity contribution is -0.389. The van der Waals surface area contributed by atoms with Gasteiger partial charge in [0.1, 0.15) is 0 Å². The van der Waals surface area contributed by atoms with Gasteiger partial charge in [0.2, 0.25) is 5.91 Å². The average molecular weight is 389 g/mol. The van der Waals surface area contributed by atoms with Gasteiger partial charge in [0.25, 0.3) is 0 Å². The quantitative estimate of drug-likeness (QED) is 0.494. The molecule has 3 aromatic rings. The molecular weight excluding hydrogens is 372 g/mol. The topological polar surface area (TPSA) is 108 Å². The van der Waals surface area contributed by atoms with Gasteiger partial charge in [-0.05, 0) is 29.5 Å². The summed E-state index contributed by atoms with van der Waals surface area (Å²) in [5.74, 6) is -0.0431. The molecule has 1 aromatic carbocycles. The molecular formula is C17H17ClN6O3. The number of halogens is 1. The number of carbonyl (C=O) groups excluding carboxylic acids is 1. The molecule has 0 aliphatic heterocycles. The Kier molecular flexibility index (Phi) is 5.51. The van der Waals surface area contributed by atoms with Crippen molar-refractivity contribution in [3.8, 4) is 0 Å². The number of benzene rings is 1.